The molecule has 4 rings (SSSR count). The van der Waals surface area contributed by atoms with Gasteiger partial charge >= 0.3 is 0 Å². The normalized spacial score (nSPS) is 22.6. The van der Waals surface area contributed by atoms with Crippen LogP contribution >= 0.6 is 0 Å². The molecular formula is C19H20Ru. The van der Waals surface area contributed by atoms with Gasteiger partial charge in [-0.05, 0) is 41.9 Å². The fraction of sp³-hybridized carbons (Fsp3) is 0.263. The van der Waals surface area contributed by atoms with Crippen LogP contribution < -0.4 is 0 Å². The Balaban J connectivity index is 0.000000141. The van der Waals surface area contributed by atoms with Crippen LogP contribution in [0.15, 0.2) is 72.8 Å². The van der Waals surface area contributed by atoms with Gasteiger partial charge in [0.15, 0.2) is 0 Å². The molecule has 2 atom stereocenters. The number of rotatable bonds is 0. The molecule has 0 nitrogen and oxygen atoms in total. The molecule has 0 fully saturated rings. The Morgan fingerprint density at radius 2 is 1.05 bits per heavy atom. The van der Waals surface area contributed by atoms with Gasteiger partial charge in [-0.1, -0.05) is 72.8 Å². The minimum Gasteiger partial charge on any atom is -0.0877 e. The summed E-state index contributed by atoms with van der Waals surface area (Å²) in [5.41, 5.74) is 0. The van der Waals surface area contributed by atoms with Gasteiger partial charge in [0.25, 0.3) is 0 Å². The fourth-order valence-electron chi connectivity index (χ4n) is 2.92. The van der Waals surface area contributed by atoms with Crippen molar-refractivity contribution in [1.82, 2.24) is 0 Å². The quantitative estimate of drug-likeness (QED) is 0.443. The van der Waals surface area contributed by atoms with Crippen molar-refractivity contribution in [1.29, 1.82) is 0 Å². The first kappa shape index (κ1) is 15.2. The van der Waals surface area contributed by atoms with Gasteiger partial charge in [0.05, 0.1) is 0 Å². The first-order valence-electron chi connectivity index (χ1n) is 7.19. The van der Waals surface area contributed by atoms with Crippen LogP contribution in [0.3, 0.4) is 0 Å². The van der Waals surface area contributed by atoms with Crippen molar-refractivity contribution in [2.45, 2.75) is 19.3 Å². The molecule has 1 heteroatoms. The third-order valence-electron chi connectivity index (χ3n) is 3.96. The third-order valence-corrected chi connectivity index (χ3v) is 3.96. The van der Waals surface area contributed by atoms with E-state index >= 15 is 0 Å². The molecule has 0 N–H and O–H groups in total. The second-order valence-corrected chi connectivity index (χ2v) is 5.43. The largest absolute Gasteiger partial charge is 0.0877 e. The van der Waals surface area contributed by atoms with Gasteiger partial charge in [-0.3, -0.25) is 0 Å². The Hall–Kier alpha value is -1.20. The first-order chi connectivity index (χ1) is 9.42. The average Bonchev–Trinajstić information content (AvgIpc) is 2.48. The molecule has 0 spiro atoms. The summed E-state index contributed by atoms with van der Waals surface area (Å²) in [6, 6.07) is 16.7. The van der Waals surface area contributed by atoms with Crippen LogP contribution in [-0.4, -0.2) is 0 Å². The monoisotopic (exact) mass is 350 g/mol. The molecule has 2 aliphatic carbocycles. The summed E-state index contributed by atoms with van der Waals surface area (Å²) in [6.07, 6.45) is 13.4. The molecule has 2 aliphatic rings. The van der Waals surface area contributed by atoms with E-state index in [1.165, 1.54) is 30.0 Å². The van der Waals surface area contributed by atoms with Gasteiger partial charge in [0.2, 0.25) is 0 Å². The Labute approximate surface area is 134 Å². The molecular weight excluding hydrogens is 329 g/mol. The molecule has 2 aromatic carbocycles. The number of benzene rings is 2. The average molecular weight is 349 g/mol. The maximum Gasteiger partial charge on any atom is 0 e. The molecule has 2 bridgehead atoms. The van der Waals surface area contributed by atoms with Crippen molar-refractivity contribution < 1.29 is 19.5 Å². The van der Waals surface area contributed by atoms with Crippen molar-refractivity contribution in [3.63, 3.8) is 0 Å². The summed E-state index contributed by atoms with van der Waals surface area (Å²) in [5, 5.41) is 2.62. The summed E-state index contributed by atoms with van der Waals surface area (Å²) in [4.78, 5) is 0. The minimum atomic E-state index is 0. The van der Waals surface area contributed by atoms with Crippen LogP contribution in [-0.2, 0) is 19.5 Å². The summed E-state index contributed by atoms with van der Waals surface area (Å²) < 4.78 is 0. The van der Waals surface area contributed by atoms with Gasteiger partial charge in [-0.25, -0.2) is 0 Å². The third kappa shape index (κ3) is 3.90. The first-order valence-corrected chi connectivity index (χ1v) is 7.19. The smallest absolute Gasteiger partial charge is 0 e. The number of fused-ring (bicyclic) bond motifs is 3. The molecule has 104 valence electrons. The predicted octanol–water partition coefficient (Wildman–Crippen LogP) is 5.37. The standard InChI is InChI=1S/C10H8.C9H12.Ru/c1-2-6-10-8-4-3-7-9(10)5-1;1-3-8-5-2-6-9(4-1)7-8;/h1-8H;1-3,6,8-9H,4-5,7H2;/t;8-,9+;/m.0./s1. The van der Waals surface area contributed by atoms with Crippen LogP contribution in [0.25, 0.3) is 10.8 Å². The number of hydrogen-bond acceptors (Lipinski definition) is 0. The Bertz CT molecular complexity index is 514. The van der Waals surface area contributed by atoms with E-state index in [0.29, 0.717) is 0 Å². The fourth-order valence-corrected chi connectivity index (χ4v) is 2.92. The van der Waals surface area contributed by atoms with E-state index in [2.05, 4.69) is 72.8 Å². The van der Waals surface area contributed by atoms with E-state index in [1.807, 2.05) is 0 Å². The summed E-state index contributed by atoms with van der Waals surface area (Å²) >= 11 is 0. The van der Waals surface area contributed by atoms with Crippen molar-refractivity contribution >= 4 is 10.8 Å². The van der Waals surface area contributed by atoms with E-state index in [1.54, 1.807) is 0 Å². The van der Waals surface area contributed by atoms with Crippen LogP contribution in [0.2, 0.25) is 0 Å². The van der Waals surface area contributed by atoms with Crippen LogP contribution in [0.5, 0.6) is 0 Å². The van der Waals surface area contributed by atoms with Crippen LogP contribution in [0.1, 0.15) is 19.3 Å². The number of hydrogen-bond donors (Lipinski definition) is 0. The molecule has 0 unspecified atom stereocenters. The maximum absolute atomic E-state index is 2.38. The topological polar surface area (TPSA) is 0 Å². The summed E-state index contributed by atoms with van der Waals surface area (Å²) in [6.45, 7) is 0. The molecule has 0 radical (unpaired) electrons. The van der Waals surface area contributed by atoms with Crippen LogP contribution in [0, 0.1) is 11.8 Å². The van der Waals surface area contributed by atoms with Crippen molar-refractivity contribution in [3.8, 4) is 0 Å². The van der Waals surface area contributed by atoms with Gasteiger partial charge in [-0.15, -0.1) is 0 Å². The van der Waals surface area contributed by atoms with E-state index in [0.717, 1.165) is 11.8 Å². The van der Waals surface area contributed by atoms with Gasteiger partial charge in [0, 0.05) is 19.5 Å². The summed E-state index contributed by atoms with van der Waals surface area (Å²) in [5.74, 6) is 1.77. The Morgan fingerprint density at radius 1 is 0.650 bits per heavy atom. The minimum absolute atomic E-state index is 0. The molecule has 0 heterocycles. The zero-order valence-electron chi connectivity index (χ0n) is 11.6. The Kier molecular flexibility index (Phi) is 5.74. The molecule has 0 aromatic heterocycles. The Morgan fingerprint density at radius 3 is 1.40 bits per heavy atom. The maximum atomic E-state index is 2.38. The van der Waals surface area contributed by atoms with E-state index in [-0.39, 0.29) is 19.5 Å². The molecule has 2 aromatic rings. The van der Waals surface area contributed by atoms with Gasteiger partial charge in [-0.2, -0.15) is 0 Å². The second-order valence-electron chi connectivity index (χ2n) is 5.43. The molecule has 0 aliphatic heterocycles. The van der Waals surface area contributed by atoms with Crippen molar-refractivity contribution in [3.05, 3.63) is 72.8 Å². The predicted molar refractivity (Wildman–Crippen MR) is 83.1 cm³/mol. The van der Waals surface area contributed by atoms with E-state index in [4.69, 9.17) is 0 Å². The van der Waals surface area contributed by atoms with E-state index in [9.17, 15) is 0 Å². The zero-order valence-corrected chi connectivity index (χ0v) is 13.3. The molecule has 0 saturated heterocycles. The molecule has 0 saturated carbocycles. The van der Waals surface area contributed by atoms with Crippen molar-refractivity contribution in [2.75, 3.05) is 0 Å². The van der Waals surface area contributed by atoms with Crippen LogP contribution in [0.4, 0.5) is 0 Å². The number of allylic oxidation sites excluding steroid dienone is 4. The van der Waals surface area contributed by atoms with Gasteiger partial charge in [0.1, 0.15) is 0 Å². The SMILES string of the molecule is C1=C[C@H]2CC=C[C@@H](C1)C2.[Ru].c1ccc2ccccc2c1. The van der Waals surface area contributed by atoms with Gasteiger partial charge < -0.3 is 0 Å². The second kappa shape index (κ2) is 7.55. The molecule has 20 heavy (non-hydrogen) atoms. The summed E-state index contributed by atoms with van der Waals surface area (Å²) in [7, 11) is 0. The van der Waals surface area contributed by atoms with E-state index < -0.39 is 0 Å². The molecule has 0 amide bonds. The van der Waals surface area contributed by atoms with Crippen molar-refractivity contribution in [2.24, 2.45) is 11.8 Å². The zero-order chi connectivity index (χ0) is 12.9.